The minimum atomic E-state index is -4.50. The van der Waals surface area contributed by atoms with Crippen molar-refractivity contribution in [2.75, 3.05) is 13.1 Å². The first-order valence-corrected chi connectivity index (χ1v) is 6.83. The molecule has 0 bridgehead atoms. The average molecular weight is 289 g/mol. The van der Waals surface area contributed by atoms with Crippen LogP contribution in [0.3, 0.4) is 0 Å². The number of amides is 1. The Balaban J connectivity index is 2.05. The molecule has 0 aromatic carbocycles. The number of carbonyl (C=O) groups is 1. The number of hydrogen-bond donors (Lipinski definition) is 1. The minimum Gasteiger partial charge on any atom is -0.337 e. The fourth-order valence-corrected chi connectivity index (χ4v) is 2.52. The van der Waals surface area contributed by atoms with Crippen LogP contribution in [0.5, 0.6) is 0 Å². The predicted octanol–water partition coefficient (Wildman–Crippen LogP) is 3.08. The van der Waals surface area contributed by atoms with Crippen molar-refractivity contribution in [3.8, 4) is 0 Å². The SMILES string of the molecule is CC[C@@H]1CCCN(C(=O)c2cc(C(F)(F)F)[nH]n2)CC1. The fraction of sp³-hybridized carbons (Fsp3) is 0.692. The Morgan fingerprint density at radius 2 is 2.20 bits per heavy atom. The van der Waals surface area contributed by atoms with Crippen molar-refractivity contribution in [2.45, 2.75) is 38.8 Å². The second kappa shape index (κ2) is 5.85. The predicted molar refractivity (Wildman–Crippen MR) is 67.1 cm³/mol. The lowest BCUT2D eigenvalue weighted by Gasteiger charge is -2.19. The largest absolute Gasteiger partial charge is 0.432 e. The van der Waals surface area contributed by atoms with E-state index in [2.05, 4.69) is 12.0 Å². The van der Waals surface area contributed by atoms with Gasteiger partial charge in [-0.15, -0.1) is 0 Å². The molecule has 1 aliphatic rings. The van der Waals surface area contributed by atoms with Gasteiger partial charge in [0.15, 0.2) is 5.69 Å². The Morgan fingerprint density at radius 1 is 1.45 bits per heavy atom. The van der Waals surface area contributed by atoms with E-state index in [9.17, 15) is 18.0 Å². The van der Waals surface area contributed by atoms with Gasteiger partial charge in [0.05, 0.1) is 0 Å². The molecular weight excluding hydrogens is 271 g/mol. The Bertz CT molecular complexity index is 470. The molecule has 2 heterocycles. The lowest BCUT2D eigenvalue weighted by atomic mass is 9.98. The summed E-state index contributed by atoms with van der Waals surface area (Å²) in [6.07, 6.45) is -0.575. The molecule has 2 rings (SSSR count). The Morgan fingerprint density at radius 3 is 2.80 bits per heavy atom. The van der Waals surface area contributed by atoms with Gasteiger partial charge in [-0.25, -0.2) is 0 Å². The summed E-state index contributed by atoms with van der Waals surface area (Å²) in [6.45, 7) is 3.29. The molecular formula is C13H18F3N3O. The number of carbonyl (C=O) groups excluding carboxylic acids is 1. The molecule has 1 fully saturated rings. The highest BCUT2D eigenvalue weighted by Crippen LogP contribution is 2.28. The van der Waals surface area contributed by atoms with Gasteiger partial charge in [-0.3, -0.25) is 9.89 Å². The molecule has 0 radical (unpaired) electrons. The van der Waals surface area contributed by atoms with Crippen LogP contribution in [0.25, 0.3) is 0 Å². The third-order valence-corrected chi connectivity index (χ3v) is 3.81. The molecule has 1 amide bonds. The number of alkyl halides is 3. The van der Waals surface area contributed by atoms with Gasteiger partial charge in [0.2, 0.25) is 0 Å². The molecule has 0 unspecified atom stereocenters. The number of aromatic nitrogens is 2. The topological polar surface area (TPSA) is 49.0 Å². The first-order chi connectivity index (χ1) is 9.41. The number of rotatable bonds is 2. The number of nitrogens with zero attached hydrogens (tertiary/aromatic N) is 2. The van der Waals surface area contributed by atoms with Crippen LogP contribution in [0.2, 0.25) is 0 Å². The quantitative estimate of drug-likeness (QED) is 0.909. The maximum Gasteiger partial charge on any atom is 0.432 e. The minimum absolute atomic E-state index is 0.160. The van der Waals surface area contributed by atoms with Crippen LogP contribution in [-0.2, 0) is 6.18 Å². The molecule has 1 N–H and O–H groups in total. The molecule has 1 aliphatic heterocycles. The van der Waals surface area contributed by atoms with E-state index < -0.39 is 17.8 Å². The van der Waals surface area contributed by atoms with Gasteiger partial charge in [0.25, 0.3) is 5.91 Å². The molecule has 0 spiro atoms. The van der Waals surface area contributed by atoms with Crippen LogP contribution >= 0.6 is 0 Å². The van der Waals surface area contributed by atoms with E-state index in [1.54, 1.807) is 4.90 Å². The molecule has 1 aromatic heterocycles. The number of aromatic amines is 1. The summed E-state index contributed by atoms with van der Waals surface area (Å²) >= 11 is 0. The van der Waals surface area contributed by atoms with Gasteiger partial charge in [-0.1, -0.05) is 13.3 Å². The highest BCUT2D eigenvalue weighted by Gasteiger charge is 2.34. The zero-order chi connectivity index (χ0) is 14.8. The molecule has 1 atom stereocenters. The highest BCUT2D eigenvalue weighted by molar-refractivity contribution is 5.92. The molecule has 1 saturated heterocycles. The van der Waals surface area contributed by atoms with Crippen LogP contribution in [0.15, 0.2) is 6.07 Å². The third-order valence-electron chi connectivity index (χ3n) is 3.81. The summed E-state index contributed by atoms with van der Waals surface area (Å²) in [4.78, 5) is 13.8. The summed E-state index contributed by atoms with van der Waals surface area (Å²) in [5, 5.41) is 5.37. The molecule has 0 saturated carbocycles. The lowest BCUT2D eigenvalue weighted by molar-refractivity contribution is -0.141. The summed E-state index contributed by atoms with van der Waals surface area (Å²) < 4.78 is 37.4. The van der Waals surface area contributed by atoms with Crippen molar-refractivity contribution in [1.29, 1.82) is 0 Å². The standard InChI is InChI=1S/C13H18F3N3O/c1-2-9-4-3-6-19(7-5-9)12(20)10-8-11(18-17-10)13(14,15)16/h8-9H,2-7H2,1H3,(H,17,18)/t9-/m1/s1. The van der Waals surface area contributed by atoms with E-state index in [1.807, 2.05) is 5.10 Å². The van der Waals surface area contributed by atoms with Crippen molar-refractivity contribution < 1.29 is 18.0 Å². The maximum atomic E-state index is 12.5. The summed E-state index contributed by atoms with van der Waals surface area (Å²) in [6, 6.07) is 0.782. The van der Waals surface area contributed by atoms with E-state index in [0.717, 1.165) is 31.7 Å². The zero-order valence-corrected chi connectivity index (χ0v) is 11.3. The van der Waals surface area contributed by atoms with Gasteiger partial charge >= 0.3 is 6.18 Å². The second-order valence-corrected chi connectivity index (χ2v) is 5.16. The van der Waals surface area contributed by atoms with Crippen LogP contribution in [-0.4, -0.2) is 34.1 Å². The van der Waals surface area contributed by atoms with E-state index in [-0.39, 0.29) is 5.69 Å². The van der Waals surface area contributed by atoms with E-state index >= 15 is 0 Å². The van der Waals surface area contributed by atoms with E-state index in [1.165, 1.54) is 0 Å². The van der Waals surface area contributed by atoms with Crippen molar-refractivity contribution in [3.05, 3.63) is 17.5 Å². The Labute approximate surface area is 115 Å². The lowest BCUT2D eigenvalue weighted by Crippen LogP contribution is -2.32. The number of likely N-dealkylation sites (tertiary alicyclic amines) is 1. The fourth-order valence-electron chi connectivity index (χ4n) is 2.52. The first-order valence-electron chi connectivity index (χ1n) is 6.83. The summed E-state index contributed by atoms with van der Waals surface area (Å²) in [7, 11) is 0. The molecule has 7 heteroatoms. The molecule has 112 valence electrons. The number of H-pyrrole nitrogens is 1. The van der Waals surface area contributed by atoms with E-state index in [4.69, 9.17) is 0 Å². The van der Waals surface area contributed by atoms with E-state index in [0.29, 0.717) is 19.0 Å². The van der Waals surface area contributed by atoms with Gasteiger partial charge in [0.1, 0.15) is 5.69 Å². The monoisotopic (exact) mass is 289 g/mol. The Kier molecular flexibility index (Phi) is 4.35. The van der Waals surface area contributed by atoms with Crippen molar-refractivity contribution in [2.24, 2.45) is 5.92 Å². The second-order valence-electron chi connectivity index (χ2n) is 5.16. The van der Waals surface area contributed by atoms with Crippen LogP contribution in [0, 0.1) is 5.92 Å². The van der Waals surface area contributed by atoms with Crippen LogP contribution in [0.4, 0.5) is 13.2 Å². The number of hydrogen-bond acceptors (Lipinski definition) is 2. The Hall–Kier alpha value is -1.53. The van der Waals surface area contributed by atoms with Crippen LogP contribution in [0.1, 0.15) is 48.8 Å². The normalized spacial score (nSPS) is 20.8. The summed E-state index contributed by atoms with van der Waals surface area (Å²) in [5.74, 6) is 0.172. The third kappa shape index (κ3) is 3.32. The maximum absolute atomic E-state index is 12.5. The summed E-state index contributed by atoms with van der Waals surface area (Å²) in [5.41, 5.74) is -1.14. The number of nitrogens with one attached hydrogen (secondary N) is 1. The molecule has 20 heavy (non-hydrogen) atoms. The van der Waals surface area contributed by atoms with Crippen molar-refractivity contribution in [3.63, 3.8) is 0 Å². The first kappa shape index (κ1) is 14.9. The molecule has 0 aliphatic carbocycles. The van der Waals surface area contributed by atoms with Gasteiger partial charge in [0, 0.05) is 19.2 Å². The zero-order valence-electron chi connectivity index (χ0n) is 11.3. The smallest absolute Gasteiger partial charge is 0.337 e. The number of halogens is 3. The average Bonchev–Trinajstić information content (AvgIpc) is 2.77. The van der Waals surface area contributed by atoms with Crippen LogP contribution < -0.4 is 0 Å². The van der Waals surface area contributed by atoms with Gasteiger partial charge in [-0.2, -0.15) is 18.3 Å². The molecule has 4 nitrogen and oxygen atoms in total. The van der Waals surface area contributed by atoms with Crippen molar-refractivity contribution in [1.82, 2.24) is 15.1 Å². The van der Waals surface area contributed by atoms with Gasteiger partial charge in [-0.05, 0) is 25.2 Å². The van der Waals surface area contributed by atoms with Crippen molar-refractivity contribution >= 4 is 5.91 Å². The van der Waals surface area contributed by atoms with Gasteiger partial charge < -0.3 is 4.90 Å². The molecule has 1 aromatic rings. The highest BCUT2D eigenvalue weighted by atomic mass is 19.4.